The Kier molecular flexibility index (Phi) is 8.33. The second kappa shape index (κ2) is 10.4. The van der Waals surface area contributed by atoms with Crippen LogP contribution in [0.5, 0.6) is 0 Å². The molecule has 1 aromatic rings. The van der Waals surface area contributed by atoms with Gasteiger partial charge in [0.05, 0.1) is 12.7 Å². The minimum atomic E-state index is -5.45. The van der Waals surface area contributed by atoms with Crippen LogP contribution in [0, 0.1) is 6.92 Å². The van der Waals surface area contributed by atoms with Gasteiger partial charge in [0.15, 0.2) is 18.1 Å². The Morgan fingerprint density at radius 3 is 2.43 bits per heavy atom. The summed E-state index contributed by atoms with van der Waals surface area (Å²) in [4.78, 5) is 56.7. The number of ketones is 1. The lowest BCUT2D eigenvalue weighted by atomic mass is 10.1. The topological polar surface area (TPSA) is 253 Å². The van der Waals surface area contributed by atoms with E-state index in [1.807, 2.05) is 4.98 Å². The zero-order valence-corrected chi connectivity index (χ0v) is 20.0. The summed E-state index contributed by atoms with van der Waals surface area (Å²) in [6.07, 6.45) is -10.4. The molecular formula is C16H24N2O15P2. The van der Waals surface area contributed by atoms with Crippen LogP contribution < -0.4 is 11.2 Å². The van der Waals surface area contributed by atoms with E-state index in [9.17, 15) is 48.6 Å². The van der Waals surface area contributed by atoms with E-state index in [1.165, 1.54) is 13.8 Å². The van der Waals surface area contributed by atoms with Crippen molar-refractivity contribution in [2.45, 2.75) is 63.3 Å². The third kappa shape index (κ3) is 6.60. The van der Waals surface area contributed by atoms with Gasteiger partial charge in [-0.1, -0.05) is 0 Å². The van der Waals surface area contributed by atoms with Gasteiger partial charge in [0.2, 0.25) is 6.29 Å². The quantitative estimate of drug-likeness (QED) is 0.189. The van der Waals surface area contributed by atoms with Gasteiger partial charge in [-0.3, -0.25) is 28.2 Å². The number of nitrogens with zero attached hydrogens (tertiary/aromatic N) is 1. The predicted octanol–water partition coefficient (Wildman–Crippen LogP) is -2.22. The van der Waals surface area contributed by atoms with Crippen molar-refractivity contribution in [3.63, 3.8) is 0 Å². The Balaban J connectivity index is 1.63. The Bertz CT molecular complexity index is 1170. The Morgan fingerprint density at radius 2 is 1.77 bits per heavy atom. The fourth-order valence-corrected chi connectivity index (χ4v) is 5.48. The van der Waals surface area contributed by atoms with E-state index < -0.39 is 82.3 Å². The average Bonchev–Trinajstić information content (AvgIpc) is 3.00. The number of carbonyl (C=O) groups excluding carboxylic acids is 1. The number of hydrogen-bond donors (Lipinski definition) is 6. The van der Waals surface area contributed by atoms with Crippen molar-refractivity contribution in [1.82, 2.24) is 9.55 Å². The molecule has 0 aliphatic carbocycles. The number of aliphatic hydroxyl groups is 3. The van der Waals surface area contributed by atoms with Gasteiger partial charge in [0.25, 0.3) is 5.56 Å². The number of nitrogens with one attached hydrogen (secondary N) is 1. The van der Waals surface area contributed by atoms with E-state index >= 15 is 0 Å². The van der Waals surface area contributed by atoms with Gasteiger partial charge in [-0.2, -0.15) is 4.31 Å². The molecule has 3 rings (SSSR count). The molecule has 0 radical (unpaired) electrons. The molecule has 1 aromatic heterocycles. The van der Waals surface area contributed by atoms with Gasteiger partial charge in [0.1, 0.15) is 18.3 Å². The van der Waals surface area contributed by atoms with E-state index in [4.69, 9.17) is 9.47 Å². The number of H-pyrrole nitrogens is 1. The van der Waals surface area contributed by atoms with Gasteiger partial charge in [-0.05, 0) is 13.8 Å². The van der Waals surface area contributed by atoms with Gasteiger partial charge in [-0.25, -0.2) is 13.9 Å². The lowest BCUT2D eigenvalue weighted by Crippen LogP contribution is -2.45. The minimum absolute atomic E-state index is 0.0877. The summed E-state index contributed by atoms with van der Waals surface area (Å²) in [7, 11) is -10.8. The van der Waals surface area contributed by atoms with Crippen LogP contribution in [0.2, 0.25) is 0 Å². The first-order chi connectivity index (χ1) is 16.1. The molecule has 9 unspecified atom stereocenters. The summed E-state index contributed by atoms with van der Waals surface area (Å²) < 4.78 is 48.5. The maximum Gasteiger partial charge on any atom is 0.483 e. The molecule has 0 aromatic carbocycles. The highest BCUT2D eigenvalue weighted by molar-refractivity contribution is 7.61. The molecule has 0 amide bonds. The molecule has 0 spiro atoms. The number of Topliss-reactive ketones (excluding diaryl/α,β-unsaturated/α-hetero) is 1. The third-order valence-corrected chi connectivity index (χ3v) is 7.65. The van der Waals surface area contributed by atoms with Crippen molar-refractivity contribution in [3.8, 4) is 0 Å². The molecule has 35 heavy (non-hydrogen) atoms. The highest BCUT2D eigenvalue weighted by Crippen LogP contribution is 2.61. The fraction of sp³-hybridized carbons (Fsp3) is 0.688. The maximum atomic E-state index is 12.1. The molecule has 198 valence electrons. The van der Waals surface area contributed by atoms with Crippen LogP contribution in [-0.2, 0) is 36.8 Å². The molecule has 0 bridgehead atoms. The summed E-state index contributed by atoms with van der Waals surface area (Å²) in [6, 6.07) is 0. The van der Waals surface area contributed by atoms with E-state index in [2.05, 4.69) is 13.4 Å². The first-order valence-electron chi connectivity index (χ1n) is 10.00. The number of rotatable bonds is 8. The number of phosphoric ester groups is 2. The number of hydrogen-bond acceptors (Lipinski definition) is 13. The van der Waals surface area contributed by atoms with Gasteiger partial charge in [-0.15, -0.1) is 0 Å². The molecule has 2 fully saturated rings. The number of carbonyl (C=O) groups is 1. The molecule has 19 heteroatoms. The van der Waals surface area contributed by atoms with E-state index in [1.54, 1.807) is 0 Å². The Hall–Kier alpha value is -1.59. The monoisotopic (exact) mass is 546 g/mol. The van der Waals surface area contributed by atoms with Crippen molar-refractivity contribution in [3.05, 3.63) is 32.6 Å². The number of aliphatic hydroxyl groups excluding tert-OH is 3. The Morgan fingerprint density at radius 1 is 1.11 bits per heavy atom. The average molecular weight is 546 g/mol. The van der Waals surface area contributed by atoms with Crippen molar-refractivity contribution in [1.29, 1.82) is 0 Å². The van der Waals surface area contributed by atoms with Crippen LogP contribution in [0.25, 0.3) is 0 Å². The normalized spacial score (nSPS) is 34.9. The van der Waals surface area contributed by atoms with Gasteiger partial charge >= 0.3 is 21.3 Å². The minimum Gasteiger partial charge on any atom is -0.387 e. The van der Waals surface area contributed by atoms with Crippen molar-refractivity contribution in [2.75, 3.05) is 6.61 Å². The molecule has 2 saturated heterocycles. The van der Waals surface area contributed by atoms with E-state index in [0.29, 0.717) is 0 Å². The van der Waals surface area contributed by atoms with Crippen molar-refractivity contribution < 1.29 is 61.9 Å². The summed E-state index contributed by atoms with van der Waals surface area (Å²) >= 11 is 0. The van der Waals surface area contributed by atoms with Crippen LogP contribution in [0.1, 0.15) is 25.1 Å². The molecule has 6 N–H and O–H groups in total. The van der Waals surface area contributed by atoms with Crippen molar-refractivity contribution >= 4 is 21.4 Å². The summed E-state index contributed by atoms with van der Waals surface area (Å²) in [5.74, 6) is -0.755. The number of aryl methyl sites for hydroxylation is 1. The molecular weight excluding hydrogens is 522 g/mol. The maximum absolute atomic E-state index is 12.1. The molecule has 0 saturated carbocycles. The molecule has 9 atom stereocenters. The number of aromatic amines is 1. The van der Waals surface area contributed by atoms with Crippen LogP contribution in [0.4, 0.5) is 0 Å². The van der Waals surface area contributed by atoms with E-state index in [0.717, 1.165) is 10.8 Å². The summed E-state index contributed by atoms with van der Waals surface area (Å²) in [6.45, 7) is 1.81. The summed E-state index contributed by atoms with van der Waals surface area (Å²) in [5.41, 5.74) is -1.56. The lowest BCUT2D eigenvalue weighted by molar-refractivity contribution is -0.201. The zero-order chi connectivity index (χ0) is 26.3. The second-order valence-electron chi connectivity index (χ2n) is 7.88. The first-order valence-corrected chi connectivity index (χ1v) is 13.0. The molecule has 2 aliphatic rings. The standard InChI is InChI=1S/C16H24N2O15P2/c1-6-4-18(16(24)17-13(6)23)14-12(22)11(21)9(31-14)5-29-34(25,26)33-35(27,28)32-15-10(20)8(19)3-7(2)30-15/h4,7,9-12,14-15,20-22H,3,5H2,1-2H3,(H,25,26)(H,27,28)(H,17,23,24). The SMILES string of the molecule is Cc1cn(C2OC(COP(=O)(O)OP(=O)(O)OC3OC(C)CC(=O)C3O)C(O)C2O)c(=O)[nH]c1=O. The third-order valence-electron chi connectivity index (χ3n) is 5.05. The second-order valence-corrected chi connectivity index (χ2v) is 10.9. The first kappa shape index (κ1) is 28.0. The predicted molar refractivity (Wildman–Crippen MR) is 110 cm³/mol. The number of phosphoric acid groups is 2. The highest BCUT2D eigenvalue weighted by Gasteiger charge is 2.47. The van der Waals surface area contributed by atoms with Gasteiger partial charge < -0.3 is 34.6 Å². The lowest BCUT2D eigenvalue weighted by Gasteiger charge is -2.31. The van der Waals surface area contributed by atoms with Crippen LogP contribution in [0.15, 0.2) is 15.8 Å². The van der Waals surface area contributed by atoms with Crippen LogP contribution >= 0.6 is 15.6 Å². The molecule has 17 nitrogen and oxygen atoms in total. The fourth-order valence-electron chi connectivity index (χ4n) is 3.33. The Labute approximate surface area is 196 Å². The largest absolute Gasteiger partial charge is 0.483 e. The zero-order valence-electron chi connectivity index (χ0n) is 18.2. The number of ether oxygens (including phenoxy) is 2. The van der Waals surface area contributed by atoms with Crippen LogP contribution in [-0.4, -0.2) is 83.9 Å². The number of aromatic nitrogens is 2. The van der Waals surface area contributed by atoms with Gasteiger partial charge in [0, 0.05) is 18.2 Å². The molecule has 3 heterocycles. The van der Waals surface area contributed by atoms with E-state index in [-0.39, 0.29) is 12.0 Å². The van der Waals surface area contributed by atoms with Crippen LogP contribution in [0.3, 0.4) is 0 Å². The molecule has 2 aliphatic heterocycles. The van der Waals surface area contributed by atoms with Crippen molar-refractivity contribution in [2.24, 2.45) is 0 Å². The smallest absolute Gasteiger partial charge is 0.387 e. The summed E-state index contributed by atoms with van der Waals surface area (Å²) in [5, 5.41) is 30.1. The highest BCUT2D eigenvalue weighted by atomic mass is 31.3.